The molecular formula is C17H27N3O2. The summed E-state index contributed by atoms with van der Waals surface area (Å²) < 4.78 is 0. The highest BCUT2D eigenvalue weighted by Gasteiger charge is 2.48. The van der Waals surface area contributed by atoms with Crippen molar-refractivity contribution in [1.82, 2.24) is 15.1 Å². The number of hydrogen-bond donors (Lipinski definition) is 1. The minimum absolute atomic E-state index is 0.119. The standard InChI is InChI=1S/C17H27N3O2/c1-19-2-3-20(10-16(19)22)9-15(21)18-17-13-5-11-4-12(7-13)8-14(17)6-11/h11-14,17H,2-10H2,1H3,(H,18,21). The fraction of sp³-hybridized carbons (Fsp3) is 0.882. The predicted octanol–water partition coefficient (Wildman–Crippen LogP) is 0.701. The first kappa shape index (κ1) is 14.5. The maximum Gasteiger partial charge on any atom is 0.236 e. The molecule has 5 fully saturated rings. The molecule has 2 amide bonds. The molecule has 0 unspecified atom stereocenters. The number of carbonyl (C=O) groups excluding carboxylic acids is 2. The average Bonchev–Trinajstić information content (AvgIpc) is 2.46. The van der Waals surface area contributed by atoms with E-state index in [0.717, 1.165) is 24.9 Å². The van der Waals surface area contributed by atoms with Crippen LogP contribution in [0.2, 0.25) is 0 Å². The second-order valence-electron chi connectivity index (χ2n) is 8.05. The molecule has 1 aliphatic heterocycles. The summed E-state index contributed by atoms with van der Waals surface area (Å²) in [5.41, 5.74) is 0. The minimum Gasteiger partial charge on any atom is -0.352 e. The molecule has 0 aromatic heterocycles. The highest BCUT2D eigenvalue weighted by atomic mass is 16.2. The summed E-state index contributed by atoms with van der Waals surface area (Å²) >= 11 is 0. The van der Waals surface area contributed by atoms with Crippen molar-refractivity contribution in [3.63, 3.8) is 0 Å². The first-order valence-electron chi connectivity index (χ1n) is 8.84. The van der Waals surface area contributed by atoms with Gasteiger partial charge in [-0.05, 0) is 55.8 Å². The van der Waals surface area contributed by atoms with Crippen molar-refractivity contribution >= 4 is 11.8 Å². The normalized spacial score (nSPS) is 41.0. The summed E-state index contributed by atoms with van der Waals surface area (Å²) in [7, 11) is 1.83. The number of amides is 2. The molecule has 1 heterocycles. The van der Waals surface area contributed by atoms with Gasteiger partial charge in [-0.3, -0.25) is 14.5 Å². The van der Waals surface area contributed by atoms with Gasteiger partial charge < -0.3 is 10.2 Å². The summed E-state index contributed by atoms with van der Waals surface area (Å²) in [6, 6.07) is 0.406. The number of rotatable bonds is 3. The molecule has 0 spiro atoms. The largest absolute Gasteiger partial charge is 0.352 e. The Morgan fingerprint density at radius 2 is 1.73 bits per heavy atom. The smallest absolute Gasteiger partial charge is 0.236 e. The van der Waals surface area contributed by atoms with Gasteiger partial charge in [-0.15, -0.1) is 0 Å². The lowest BCUT2D eigenvalue weighted by Crippen LogP contribution is -2.58. The van der Waals surface area contributed by atoms with Crippen LogP contribution in [-0.2, 0) is 9.59 Å². The maximum atomic E-state index is 12.4. The van der Waals surface area contributed by atoms with E-state index in [4.69, 9.17) is 0 Å². The molecule has 4 saturated carbocycles. The third-order valence-corrected chi connectivity index (χ3v) is 6.46. The lowest BCUT2D eigenvalue weighted by atomic mass is 9.54. The lowest BCUT2D eigenvalue weighted by Gasteiger charge is -2.54. The second-order valence-corrected chi connectivity index (χ2v) is 8.05. The molecule has 1 N–H and O–H groups in total. The van der Waals surface area contributed by atoms with Gasteiger partial charge in [-0.25, -0.2) is 0 Å². The molecule has 5 nitrogen and oxygen atoms in total. The highest BCUT2D eigenvalue weighted by molar-refractivity contribution is 5.82. The fourth-order valence-corrected chi connectivity index (χ4v) is 5.54. The van der Waals surface area contributed by atoms with Crippen LogP contribution in [0.1, 0.15) is 32.1 Å². The molecule has 122 valence electrons. The third-order valence-electron chi connectivity index (χ3n) is 6.46. The summed E-state index contributed by atoms with van der Waals surface area (Å²) in [6.07, 6.45) is 6.74. The van der Waals surface area contributed by atoms with E-state index >= 15 is 0 Å². The lowest BCUT2D eigenvalue weighted by molar-refractivity contribution is -0.136. The van der Waals surface area contributed by atoms with Crippen molar-refractivity contribution in [1.29, 1.82) is 0 Å². The first-order chi connectivity index (χ1) is 10.6. The van der Waals surface area contributed by atoms with Gasteiger partial charge in [0, 0.05) is 26.2 Å². The van der Waals surface area contributed by atoms with Gasteiger partial charge >= 0.3 is 0 Å². The molecule has 0 aromatic rings. The summed E-state index contributed by atoms with van der Waals surface area (Å²) in [5, 5.41) is 3.33. The molecule has 5 rings (SSSR count). The van der Waals surface area contributed by atoms with Gasteiger partial charge in [-0.2, -0.15) is 0 Å². The highest BCUT2D eigenvalue weighted by Crippen LogP contribution is 2.53. The number of piperazine rings is 1. The van der Waals surface area contributed by atoms with Crippen LogP contribution >= 0.6 is 0 Å². The molecule has 4 bridgehead atoms. The minimum atomic E-state index is 0.119. The van der Waals surface area contributed by atoms with E-state index in [9.17, 15) is 9.59 Å². The zero-order valence-corrected chi connectivity index (χ0v) is 13.5. The van der Waals surface area contributed by atoms with Crippen molar-refractivity contribution in [2.45, 2.75) is 38.1 Å². The van der Waals surface area contributed by atoms with Crippen LogP contribution in [0.3, 0.4) is 0 Å². The number of hydrogen-bond acceptors (Lipinski definition) is 3. The molecule has 0 aromatic carbocycles. The number of nitrogens with one attached hydrogen (secondary N) is 1. The van der Waals surface area contributed by atoms with Crippen LogP contribution in [0.25, 0.3) is 0 Å². The zero-order valence-electron chi connectivity index (χ0n) is 13.5. The van der Waals surface area contributed by atoms with Gasteiger partial charge in [0.1, 0.15) is 0 Å². The van der Waals surface area contributed by atoms with E-state index < -0.39 is 0 Å². The Morgan fingerprint density at radius 3 is 2.32 bits per heavy atom. The number of likely N-dealkylation sites (N-methyl/N-ethyl adjacent to an activating group) is 1. The van der Waals surface area contributed by atoms with Crippen molar-refractivity contribution in [2.75, 3.05) is 33.2 Å². The van der Waals surface area contributed by atoms with Crippen molar-refractivity contribution < 1.29 is 9.59 Å². The van der Waals surface area contributed by atoms with E-state index in [-0.39, 0.29) is 11.8 Å². The Morgan fingerprint density at radius 1 is 1.09 bits per heavy atom. The van der Waals surface area contributed by atoms with Crippen molar-refractivity contribution in [2.24, 2.45) is 23.7 Å². The van der Waals surface area contributed by atoms with E-state index in [0.29, 0.717) is 31.0 Å². The van der Waals surface area contributed by atoms with Crippen LogP contribution < -0.4 is 5.32 Å². The molecule has 0 atom stereocenters. The SMILES string of the molecule is CN1CCN(CC(=O)NC2C3CC4CC(C3)CC2C4)CC1=O. The predicted molar refractivity (Wildman–Crippen MR) is 83.1 cm³/mol. The topological polar surface area (TPSA) is 52.6 Å². The monoisotopic (exact) mass is 305 g/mol. The summed E-state index contributed by atoms with van der Waals surface area (Å²) in [6.45, 7) is 2.29. The molecule has 1 saturated heterocycles. The van der Waals surface area contributed by atoms with Crippen LogP contribution in [0.5, 0.6) is 0 Å². The zero-order chi connectivity index (χ0) is 15.3. The van der Waals surface area contributed by atoms with E-state index in [1.165, 1.54) is 32.1 Å². The molecule has 0 radical (unpaired) electrons. The van der Waals surface area contributed by atoms with Crippen molar-refractivity contribution in [3.05, 3.63) is 0 Å². The molecule has 22 heavy (non-hydrogen) atoms. The average molecular weight is 305 g/mol. The van der Waals surface area contributed by atoms with E-state index in [1.807, 2.05) is 11.9 Å². The number of carbonyl (C=O) groups is 2. The van der Waals surface area contributed by atoms with Crippen molar-refractivity contribution in [3.8, 4) is 0 Å². The molecule has 5 heteroatoms. The summed E-state index contributed by atoms with van der Waals surface area (Å²) in [5.74, 6) is 3.55. The first-order valence-corrected chi connectivity index (χ1v) is 8.84. The van der Waals surface area contributed by atoms with Crippen LogP contribution in [0.15, 0.2) is 0 Å². The van der Waals surface area contributed by atoms with Gasteiger partial charge in [0.2, 0.25) is 11.8 Å². The molecular weight excluding hydrogens is 278 g/mol. The quantitative estimate of drug-likeness (QED) is 0.835. The number of nitrogens with zero attached hydrogens (tertiary/aromatic N) is 2. The Bertz CT molecular complexity index is 451. The van der Waals surface area contributed by atoms with Gasteiger partial charge in [0.15, 0.2) is 0 Å². The van der Waals surface area contributed by atoms with Crippen LogP contribution in [0, 0.1) is 23.7 Å². The Balaban J connectivity index is 1.32. The third kappa shape index (κ3) is 2.64. The second kappa shape index (κ2) is 5.52. The van der Waals surface area contributed by atoms with E-state index in [2.05, 4.69) is 5.32 Å². The molecule has 5 aliphatic rings. The van der Waals surface area contributed by atoms with Crippen LogP contribution in [-0.4, -0.2) is 60.9 Å². The Labute approximate surface area is 132 Å². The Hall–Kier alpha value is -1.10. The summed E-state index contributed by atoms with van der Waals surface area (Å²) in [4.78, 5) is 27.9. The fourth-order valence-electron chi connectivity index (χ4n) is 5.54. The molecule has 4 aliphatic carbocycles. The van der Waals surface area contributed by atoms with E-state index in [1.54, 1.807) is 4.90 Å². The van der Waals surface area contributed by atoms with Gasteiger partial charge in [-0.1, -0.05) is 0 Å². The van der Waals surface area contributed by atoms with Gasteiger partial charge in [0.25, 0.3) is 0 Å². The Kier molecular flexibility index (Phi) is 3.63. The van der Waals surface area contributed by atoms with Gasteiger partial charge in [0.05, 0.1) is 13.1 Å². The maximum absolute atomic E-state index is 12.4. The van der Waals surface area contributed by atoms with Crippen LogP contribution in [0.4, 0.5) is 0 Å².